The fraction of sp³-hybridized carbons (Fsp3) is 0.471. The van der Waals surface area contributed by atoms with E-state index in [-0.39, 0.29) is 17.7 Å². The first-order valence-corrected chi connectivity index (χ1v) is 8.51. The highest BCUT2D eigenvalue weighted by molar-refractivity contribution is 6.47. The molecule has 0 radical (unpaired) electrons. The summed E-state index contributed by atoms with van der Waals surface area (Å²) in [6, 6.07) is 4.59. The fourth-order valence-electron chi connectivity index (χ4n) is 2.56. The summed E-state index contributed by atoms with van der Waals surface area (Å²) in [6.07, 6.45) is -0.894. The standard InChI is InChI=1S/C17H20BF2NO7/c1-10(22)26-9-27-16(24)12-5-3-4-11-8-13(18(25)28-15(11)12)21-14(23)6-7-17(2,19)20/h3-5,13,25H,6-9H2,1-2H3,(H,21,23)/t13-/m0/s1. The third-order valence-electron chi connectivity index (χ3n) is 3.93. The van der Waals surface area contributed by atoms with Gasteiger partial charge in [0.15, 0.2) is 0 Å². The molecule has 1 atom stereocenters. The number of esters is 2. The lowest BCUT2D eigenvalue weighted by Gasteiger charge is -2.29. The maximum atomic E-state index is 12.9. The summed E-state index contributed by atoms with van der Waals surface area (Å²) in [6.45, 7) is 1.31. The molecule has 2 rings (SSSR count). The van der Waals surface area contributed by atoms with Crippen molar-refractivity contribution in [2.45, 2.75) is 45.0 Å². The SMILES string of the molecule is CC(=O)OCOC(=O)c1cccc2c1OB(O)[C@@H](NC(=O)CCC(C)(F)F)C2. The van der Waals surface area contributed by atoms with Crippen LogP contribution in [0.4, 0.5) is 8.78 Å². The van der Waals surface area contributed by atoms with Crippen LogP contribution >= 0.6 is 0 Å². The molecule has 0 aromatic heterocycles. The predicted octanol–water partition coefficient (Wildman–Crippen LogP) is 1.24. The molecule has 0 bridgehead atoms. The average Bonchev–Trinajstić information content (AvgIpc) is 2.59. The van der Waals surface area contributed by atoms with Gasteiger partial charge in [-0.1, -0.05) is 12.1 Å². The number of fused-ring (bicyclic) bond motifs is 1. The zero-order chi connectivity index (χ0) is 20.9. The zero-order valence-electron chi connectivity index (χ0n) is 15.4. The third-order valence-corrected chi connectivity index (χ3v) is 3.93. The van der Waals surface area contributed by atoms with Crippen LogP contribution in [0, 0.1) is 0 Å². The summed E-state index contributed by atoms with van der Waals surface area (Å²) < 4.78 is 40.4. The summed E-state index contributed by atoms with van der Waals surface area (Å²) >= 11 is 0. The Kier molecular flexibility index (Phi) is 6.95. The van der Waals surface area contributed by atoms with Gasteiger partial charge in [0.1, 0.15) is 11.3 Å². The van der Waals surface area contributed by atoms with Crippen molar-refractivity contribution in [3.05, 3.63) is 29.3 Å². The minimum atomic E-state index is -2.97. The van der Waals surface area contributed by atoms with E-state index in [1.165, 1.54) is 6.07 Å². The summed E-state index contributed by atoms with van der Waals surface area (Å²) in [5.74, 6) is -5.83. The van der Waals surface area contributed by atoms with Gasteiger partial charge in [0, 0.05) is 19.8 Å². The molecule has 1 aromatic carbocycles. The van der Waals surface area contributed by atoms with E-state index in [1.54, 1.807) is 12.1 Å². The first-order valence-electron chi connectivity index (χ1n) is 8.51. The number of carbonyl (C=O) groups is 3. The van der Waals surface area contributed by atoms with Gasteiger partial charge in [-0.2, -0.15) is 0 Å². The van der Waals surface area contributed by atoms with E-state index in [2.05, 4.69) is 10.1 Å². The Morgan fingerprint density at radius 2 is 2.07 bits per heavy atom. The number of amides is 1. The van der Waals surface area contributed by atoms with Crippen molar-refractivity contribution in [1.82, 2.24) is 5.32 Å². The Balaban J connectivity index is 2.03. The number of benzene rings is 1. The van der Waals surface area contributed by atoms with Crippen LogP contribution in [-0.2, 0) is 25.5 Å². The van der Waals surface area contributed by atoms with Crippen LogP contribution in [0.1, 0.15) is 42.6 Å². The fourth-order valence-corrected chi connectivity index (χ4v) is 2.56. The second-order valence-electron chi connectivity index (χ2n) is 6.44. The number of hydrogen-bond acceptors (Lipinski definition) is 7. The van der Waals surface area contributed by atoms with Crippen molar-refractivity contribution in [3.63, 3.8) is 0 Å². The van der Waals surface area contributed by atoms with Gasteiger partial charge in [-0.3, -0.25) is 9.59 Å². The first kappa shape index (κ1) is 21.6. The van der Waals surface area contributed by atoms with E-state index in [4.69, 9.17) is 9.39 Å². The van der Waals surface area contributed by atoms with Crippen molar-refractivity contribution >= 4 is 25.0 Å². The van der Waals surface area contributed by atoms with E-state index >= 15 is 0 Å². The van der Waals surface area contributed by atoms with Gasteiger partial charge in [-0.25, -0.2) is 13.6 Å². The molecular formula is C17H20BF2NO7. The Bertz CT molecular complexity index is 754. The van der Waals surface area contributed by atoms with Crippen LogP contribution in [0.15, 0.2) is 18.2 Å². The molecule has 11 heteroatoms. The number of para-hydroxylation sites is 1. The summed E-state index contributed by atoms with van der Waals surface area (Å²) in [7, 11) is -1.49. The molecule has 152 valence electrons. The summed E-state index contributed by atoms with van der Waals surface area (Å²) in [5, 5.41) is 12.6. The largest absolute Gasteiger partial charge is 0.547 e. The van der Waals surface area contributed by atoms with Crippen molar-refractivity contribution < 1.29 is 42.3 Å². The van der Waals surface area contributed by atoms with Gasteiger partial charge in [-0.05, 0) is 25.0 Å². The van der Waals surface area contributed by atoms with Gasteiger partial charge >= 0.3 is 19.1 Å². The molecule has 1 aliphatic rings. The minimum Gasteiger partial charge on any atom is -0.534 e. The summed E-state index contributed by atoms with van der Waals surface area (Å²) in [5.41, 5.74) is 0.525. The van der Waals surface area contributed by atoms with Crippen molar-refractivity contribution in [2.75, 3.05) is 6.79 Å². The first-order chi connectivity index (χ1) is 13.1. The van der Waals surface area contributed by atoms with Crippen molar-refractivity contribution in [3.8, 4) is 5.75 Å². The van der Waals surface area contributed by atoms with Crippen LogP contribution < -0.4 is 9.97 Å². The molecule has 1 aromatic rings. The van der Waals surface area contributed by atoms with E-state index in [0.717, 1.165) is 13.8 Å². The van der Waals surface area contributed by atoms with E-state index in [0.29, 0.717) is 5.56 Å². The Morgan fingerprint density at radius 1 is 1.36 bits per heavy atom. The average molecular weight is 399 g/mol. The van der Waals surface area contributed by atoms with Gasteiger partial charge < -0.3 is 24.5 Å². The second kappa shape index (κ2) is 9.00. The molecular weight excluding hydrogens is 379 g/mol. The lowest BCUT2D eigenvalue weighted by atomic mass is 9.72. The lowest BCUT2D eigenvalue weighted by Crippen LogP contribution is -2.53. The van der Waals surface area contributed by atoms with Crippen LogP contribution in [0.25, 0.3) is 0 Å². The smallest absolute Gasteiger partial charge is 0.534 e. The quantitative estimate of drug-likeness (QED) is 0.403. The topological polar surface area (TPSA) is 111 Å². The monoisotopic (exact) mass is 399 g/mol. The normalized spacial score (nSPS) is 15.9. The number of alkyl halides is 2. The Labute approximate surface area is 160 Å². The van der Waals surface area contributed by atoms with Crippen LogP contribution in [0.3, 0.4) is 0 Å². The molecule has 0 unspecified atom stereocenters. The van der Waals surface area contributed by atoms with Gasteiger partial charge in [0.05, 0.1) is 5.94 Å². The van der Waals surface area contributed by atoms with E-state index in [9.17, 15) is 28.2 Å². The van der Waals surface area contributed by atoms with Crippen LogP contribution in [0.2, 0.25) is 0 Å². The van der Waals surface area contributed by atoms with Gasteiger partial charge in [0.2, 0.25) is 18.6 Å². The van der Waals surface area contributed by atoms with Gasteiger partial charge in [-0.15, -0.1) is 0 Å². The van der Waals surface area contributed by atoms with E-state index in [1.807, 2.05) is 0 Å². The summed E-state index contributed by atoms with van der Waals surface area (Å²) in [4.78, 5) is 34.7. The Morgan fingerprint density at radius 3 is 2.71 bits per heavy atom. The molecule has 1 amide bonds. The lowest BCUT2D eigenvalue weighted by molar-refractivity contribution is -0.149. The maximum Gasteiger partial charge on any atom is 0.547 e. The number of rotatable bonds is 7. The minimum absolute atomic E-state index is 0.0131. The molecule has 2 N–H and O–H groups in total. The number of carbonyl (C=O) groups excluding carboxylic acids is 3. The third kappa shape index (κ3) is 6.19. The molecule has 1 heterocycles. The maximum absolute atomic E-state index is 12.9. The highest BCUT2D eigenvalue weighted by atomic mass is 19.3. The molecule has 0 saturated carbocycles. The number of halogens is 2. The molecule has 0 fully saturated rings. The Hall–Kier alpha value is -2.69. The van der Waals surface area contributed by atoms with Crippen molar-refractivity contribution in [2.24, 2.45) is 0 Å². The highest BCUT2D eigenvalue weighted by Crippen LogP contribution is 2.30. The van der Waals surface area contributed by atoms with Crippen molar-refractivity contribution in [1.29, 1.82) is 0 Å². The molecule has 0 saturated heterocycles. The molecule has 0 spiro atoms. The molecule has 1 aliphatic heterocycles. The number of ether oxygens (including phenoxy) is 2. The zero-order valence-corrected chi connectivity index (χ0v) is 15.4. The number of hydrogen-bond donors (Lipinski definition) is 2. The molecule has 28 heavy (non-hydrogen) atoms. The highest BCUT2D eigenvalue weighted by Gasteiger charge is 2.38. The molecule has 8 nitrogen and oxygen atoms in total. The van der Waals surface area contributed by atoms with Crippen LogP contribution in [-0.4, -0.2) is 48.6 Å². The number of nitrogens with one attached hydrogen (secondary N) is 1. The predicted molar refractivity (Wildman–Crippen MR) is 92.6 cm³/mol. The second-order valence-corrected chi connectivity index (χ2v) is 6.44. The van der Waals surface area contributed by atoms with Crippen LogP contribution in [0.5, 0.6) is 5.75 Å². The van der Waals surface area contributed by atoms with E-state index < -0.39 is 56.5 Å². The molecule has 0 aliphatic carbocycles. The van der Waals surface area contributed by atoms with Gasteiger partial charge in [0.25, 0.3) is 0 Å².